The quantitative estimate of drug-likeness (QED) is 0.888. The van der Waals surface area contributed by atoms with E-state index in [0.717, 1.165) is 24.8 Å². The molecule has 2 aromatic rings. The minimum absolute atomic E-state index is 0.233. The molecule has 0 saturated carbocycles. The molecule has 3 rings (SSSR count). The number of ether oxygens (including phenoxy) is 2. The van der Waals surface area contributed by atoms with Crippen molar-refractivity contribution in [3.05, 3.63) is 42.1 Å². The largest absolute Gasteiger partial charge is 0.497 e. The lowest BCUT2D eigenvalue weighted by atomic mass is 9.99. The molecule has 26 heavy (non-hydrogen) atoms. The molecule has 1 N–H and O–H groups in total. The number of nitrogens with one attached hydrogen (secondary N) is 1. The van der Waals surface area contributed by atoms with Crippen LogP contribution in [0.25, 0.3) is 0 Å². The molecule has 1 aromatic heterocycles. The normalized spacial score (nSPS) is 14.8. The van der Waals surface area contributed by atoms with Gasteiger partial charge in [-0.05, 0) is 43.0 Å². The van der Waals surface area contributed by atoms with E-state index in [1.165, 1.54) is 12.8 Å². The summed E-state index contributed by atoms with van der Waals surface area (Å²) in [6.07, 6.45) is 3.98. The molecule has 0 spiro atoms. The van der Waals surface area contributed by atoms with Crippen LogP contribution in [0.5, 0.6) is 11.5 Å². The van der Waals surface area contributed by atoms with Crippen LogP contribution in [0.15, 0.2) is 36.5 Å². The molecular weight excluding hydrogens is 330 g/mol. The predicted octanol–water partition coefficient (Wildman–Crippen LogP) is 3.59. The minimum atomic E-state index is -0.233. The zero-order valence-corrected chi connectivity index (χ0v) is 15.5. The fourth-order valence-corrected chi connectivity index (χ4v) is 3.05. The third-order valence-electron chi connectivity index (χ3n) is 4.77. The fraction of sp³-hybridized carbons (Fsp3) is 0.400. The number of hydrogen-bond donors (Lipinski definition) is 1. The Bertz CT molecular complexity index is 753. The molecule has 2 heterocycles. The topological polar surface area (TPSA) is 63.7 Å². The number of carbonyl (C=O) groups excluding carboxylic acids is 1. The molecule has 138 valence electrons. The monoisotopic (exact) mass is 355 g/mol. The van der Waals surface area contributed by atoms with E-state index in [-0.39, 0.29) is 5.91 Å². The average Bonchev–Trinajstić information content (AvgIpc) is 2.68. The van der Waals surface area contributed by atoms with Crippen LogP contribution in [0.2, 0.25) is 0 Å². The van der Waals surface area contributed by atoms with Gasteiger partial charge in [-0.15, -0.1) is 0 Å². The van der Waals surface area contributed by atoms with E-state index in [1.54, 1.807) is 38.6 Å². The van der Waals surface area contributed by atoms with Crippen LogP contribution in [-0.2, 0) is 0 Å². The first-order valence-electron chi connectivity index (χ1n) is 8.85. The lowest BCUT2D eigenvalue weighted by Crippen LogP contribution is -2.33. The highest BCUT2D eigenvalue weighted by molar-refractivity contribution is 6.05. The number of nitrogens with zero attached hydrogens (tertiary/aromatic N) is 2. The number of benzene rings is 1. The number of aromatic nitrogens is 1. The Morgan fingerprint density at radius 3 is 2.54 bits per heavy atom. The van der Waals surface area contributed by atoms with Crippen LogP contribution in [-0.4, -0.2) is 38.2 Å². The molecular formula is C20H25N3O3. The number of carbonyl (C=O) groups is 1. The Hall–Kier alpha value is -2.76. The fourth-order valence-electron chi connectivity index (χ4n) is 3.05. The van der Waals surface area contributed by atoms with E-state index >= 15 is 0 Å². The second-order valence-electron chi connectivity index (χ2n) is 6.59. The summed E-state index contributed by atoms with van der Waals surface area (Å²) in [5.41, 5.74) is 1.06. The van der Waals surface area contributed by atoms with E-state index in [9.17, 15) is 4.79 Å². The Morgan fingerprint density at radius 1 is 1.15 bits per heavy atom. The van der Waals surface area contributed by atoms with Crippen molar-refractivity contribution in [2.75, 3.05) is 37.5 Å². The number of anilines is 2. The van der Waals surface area contributed by atoms with Gasteiger partial charge in [-0.25, -0.2) is 4.98 Å². The van der Waals surface area contributed by atoms with Gasteiger partial charge in [0.25, 0.3) is 5.91 Å². The average molecular weight is 355 g/mol. The van der Waals surface area contributed by atoms with Gasteiger partial charge in [0.15, 0.2) is 0 Å². The lowest BCUT2D eigenvalue weighted by molar-refractivity contribution is 0.102. The number of amides is 1. The highest BCUT2D eigenvalue weighted by atomic mass is 16.5. The lowest BCUT2D eigenvalue weighted by Gasteiger charge is -2.31. The number of hydrogen-bond acceptors (Lipinski definition) is 5. The number of rotatable bonds is 5. The Balaban J connectivity index is 1.70. The van der Waals surface area contributed by atoms with Gasteiger partial charge in [0.05, 0.1) is 25.5 Å². The van der Waals surface area contributed by atoms with Crippen LogP contribution in [0.3, 0.4) is 0 Å². The van der Waals surface area contributed by atoms with Crippen LogP contribution in [0, 0.1) is 5.92 Å². The van der Waals surface area contributed by atoms with Crippen LogP contribution in [0.4, 0.5) is 11.5 Å². The molecule has 0 atom stereocenters. The first-order chi connectivity index (χ1) is 12.6. The zero-order valence-electron chi connectivity index (χ0n) is 15.5. The van der Waals surface area contributed by atoms with Crippen molar-refractivity contribution in [1.82, 2.24) is 4.98 Å². The van der Waals surface area contributed by atoms with Crippen LogP contribution >= 0.6 is 0 Å². The number of methoxy groups -OCH3 is 2. The molecule has 1 aliphatic heterocycles. The Kier molecular flexibility index (Phi) is 5.61. The summed E-state index contributed by atoms with van der Waals surface area (Å²) < 4.78 is 10.5. The van der Waals surface area contributed by atoms with E-state index in [4.69, 9.17) is 9.47 Å². The summed E-state index contributed by atoms with van der Waals surface area (Å²) in [5.74, 6) is 2.68. The zero-order chi connectivity index (χ0) is 18.5. The third-order valence-corrected chi connectivity index (χ3v) is 4.77. The Morgan fingerprint density at radius 2 is 1.92 bits per heavy atom. The van der Waals surface area contributed by atoms with Crippen LogP contribution < -0.4 is 19.7 Å². The van der Waals surface area contributed by atoms with Gasteiger partial charge in [-0.3, -0.25) is 4.79 Å². The third kappa shape index (κ3) is 4.07. The van der Waals surface area contributed by atoms with Gasteiger partial charge in [0.2, 0.25) is 0 Å². The van der Waals surface area contributed by atoms with E-state index < -0.39 is 0 Å². The molecule has 1 aromatic carbocycles. The van der Waals surface area contributed by atoms with E-state index in [2.05, 4.69) is 22.1 Å². The van der Waals surface area contributed by atoms with Crippen molar-refractivity contribution in [3.8, 4) is 11.5 Å². The molecule has 0 bridgehead atoms. The molecule has 1 fully saturated rings. The minimum Gasteiger partial charge on any atom is -0.497 e. The first-order valence-corrected chi connectivity index (χ1v) is 8.85. The number of pyridine rings is 1. The van der Waals surface area contributed by atoms with E-state index in [0.29, 0.717) is 22.7 Å². The second kappa shape index (κ2) is 8.08. The highest BCUT2D eigenvalue weighted by Gasteiger charge is 2.17. The summed E-state index contributed by atoms with van der Waals surface area (Å²) in [7, 11) is 3.14. The second-order valence-corrected chi connectivity index (χ2v) is 6.59. The van der Waals surface area contributed by atoms with Crippen LogP contribution in [0.1, 0.15) is 30.1 Å². The summed E-state index contributed by atoms with van der Waals surface area (Å²) >= 11 is 0. The van der Waals surface area contributed by atoms with Gasteiger partial charge in [0, 0.05) is 25.4 Å². The molecule has 0 aliphatic carbocycles. The Labute approximate surface area is 154 Å². The van der Waals surface area contributed by atoms with Gasteiger partial charge < -0.3 is 19.7 Å². The first kappa shape index (κ1) is 18.0. The van der Waals surface area contributed by atoms with Gasteiger partial charge in [-0.1, -0.05) is 6.92 Å². The summed E-state index contributed by atoms with van der Waals surface area (Å²) in [5, 5.41) is 2.86. The van der Waals surface area contributed by atoms with Crippen molar-refractivity contribution in [1.29, 1.82) is 0 Å². The molecule has 0 radical (unpaired) electrons. The molecule has 1 amide bonds. The maximum Gasteiger partial charge on any atom is 0.257 e. The van der Waals surface area contributed by atoms with Crippen molar-refractivity contribution in [3.63, 3.8) is 0 Å². The molecule has 0 unspecified atom stereocenters. The van der Waals surface area contributed by atoms with Crippen molar-refractivity contribution >= 4 is 17.4 Å². The summed E-state index contributed by atoms with van der Waals surface area (Å²) in [6, 6.07) is 8.99. The van der Waals surface area contributed by atoms with E-state index in [1.807, 2.05) is 12.1 Å². The van der Waals surface area contributed by atoms with Crippen molar-refractivity contribution in [2.45, 2.75) is 19.8 Å². The maximum atomic E-state index is 12.6. The predicted molar refractivity (Wildman–Crippen MR) is 102 cm³/mol. The molecule has 6 nitrogen and oxygen atoms in total. The standard InChI is InChI=1S/C20H25N3O3/c1-14-8-10-23(11-9-14)19-7-4-15(13-21-19)20(24)22-17-12-16(25-2)5-6-18(17)26-3/h4-7,12-14H,8-11H2,1-3H3,(H,22,24). The van der Waals surface area contributed by atoms with Gasteiger partial charge >= 0.3 is 0 Å². The molecule has 6 heteroatoms. The summed E-state index contributed by atoms with van der Waals surface area (Å²) in [4.78, 5) is 19.3. The van der Waals surface area contributed by atoms with Gasteiger partial charge in [0.1, 0.15) is 17.3 Å². The SMILES string of the molecule is COc1ccc(OC)c(NC(=O)c2ccc(N3CCC(C)CC3)nc2)c1. The number of piperidine rings is 1. The smallest absolute Gasteiger partial charge is 0.257 e. The maximum absolute atomic E-state index is 12.6. The van der Waals surface area contributed by atoms with Crippen molar-refractivity contribution in [2.24, 2.45) is 5.92 Å². The molecule has 1 aliphatic rings. The molecule has 1 saturated heterocycles. The van der Waals surface area contributed by atoms with Crippen molar-refractivity contribution < 1.29 is 14.3 Å². The van der Waals surface area contributed by atoms with Gasteiger partial charge in [-0.2, -0.15) is 0 Å². The highest BCUT2D eigenvalue weighted by Crippen LogP contribution is 2.29. The summed E-state index contributed by atoms with van der Waals surface area (Å²) in [6.45, 7) is 4.31.